The molecular formula is C19H30N2O2. The van der Waals surface area contributed by atoms with Gasteiger partial charge in [-0.05, 0) is 64.2 Å². The number of amides is 1. The van der Waals surface area contributed by atoms with Crippen LogP contribution in [0.5, 0.6) is 0 Å². The number of rotatable bonds is 5. The Balaban J connectivity index is 1.78. The van der Waals surface area contributed by atoms with Crippen LogP contribution in [0.15, 0.2) is 24.3 Å². The molecule has 1 unspecified atom stereocenters. The van der Waals surface area contributed by atoms with Crippen molar-refractivity contribution in [2.75, 3.05) is 5.32 Å². The van der Waals surface area contributed by atoms with E-state index in [0.717, 1.165) is 18.2 Å². The first kappa shape index (κ1) is 17.8. The number of carbonyl (C=O) groups is 1. The third-order valence-electron chi connectivity index (χ3n) is 4.33. The van der Waals surface area contributed by atoms with E-state index in [4.69, 9.17) is 4.74 Å². The van der Waals surface area contributed by atoms with E-state index in [0.29, 0.717) is 6.04 Å². The summed E-state index contributed by atoms with van der Waals surface area (Å²) in [5.41, 5.74) is 1.50. The van der Waals surface area contributed by atoms with Gasteiger partial charge in [0.25, 0.3) is 0 Å². The molecule has 4 heteroatoms. The van der Waals surface area contributed by atoms with E-state index in [1.165, 1.54) is 31.2 Å². The van der Waals surface area contributed by atoms with Crippen LogP contribution in [0.2, 0.25) is 0 Å². The molecule has 2 N–H and O–H groups in total. The number of ether oxygens (including phenoxy) is 1. The fourth-order valence-corrected chi connectivity index (χ4v) is 3.03. The Hall–Kier alpha value is -1.55. The lowest BCUT2D eigenvalue weighted by molar-refractivity contribution is 0.0636. The number of anilines is 1. The van der Waals surface area contributed by atoms with Crippen molar-refractivity contribution in [3.8, 4) is 0 Å². The largest absolute Gasteiger partial charge is 0.444 e. The molecule has 0 bridgehead atoms. The molecule has 4 nitrogen and oxygen atoms in total. The molecule has 0 radical (unpaired) electrons. The summed E-state index contributed by atoms with van der Waals surface area (Å²) in [6.07, 6.45) is 5.04. The first-order valence-corrected chi connectivity index (χ1v) is 8.66. The van der Waals surface area contributed by atoms with Crippen LogP contribution in [-0.4, -0.2) is 17.7 Å². The Kier molecular flexibility index (Phi) is 6.05. The summed E-state index contributed by atoms with van der Waals surface area (Å²) in [7, 11) is 0. The first-order valence-electron chi connectivity index (χ1n) is 8.66. The second-order valence-electron chi connectivity index (χ2n) is 7.54. The first-order chi connectivity index (χ1) is 10.8. The van der Waals surface area contributed by atoms with Crippen molar-refractivity contribution in [3.05, 3.63) is 29.8 Å². The average molecular weight is 318 g/mol. The van der Waals surface area contributed by atoms with Gasteiger partial charge in [0.1, 0.15) is 5.60 Å². The molecule has 1 fully saturated rings. The van der Waals surface area contributed by atoms with E-state index in [1.54, 1.807) is 0 Å². The highest BCUT2D eigenvalue weighted by Crippen LogP contribution is 2.27. The van der Waals surface area contributed by atoms with Crippen molar-refractivity contribution in [2.45, 2.75) is 71.6 Å². The molecule has 128 valence electrons. The van der Waals surface area contributed by atoms with Gasteiger partial charge in [-0.2, -0.15) is 0 Å². The number of carbonyl (C=O) groups excluding carboxylic acids is 1. The Labute approximate surface area is 140 Å². The molecule has 1 aliphatic carbocycles. The summed E-state index contributed by atoms with van der Waals surface area (Å²) in [6.45, 7) is 8.71. The third kappa shape index (κ3) is 6.22. The highest BCUT2D eigenvalue weighted by molar-refractivity contribution is 5.84. The average Bonchev–Trinajstić information content (AvgIpc) is 2.98. The van der Waals surface area contributed by atoms with E-state index < -0.39 is 11.7 Å². The van der Waals surface area contributed by atoms with Gasteiger partial charge in [0.05, 0.1) is 0 Å². The maximum Gasteiger partial charge on any atom is 0.412 e. The number of nitrogens with one attached hydrogen (secondary N) is 2. The van der Waals surface area contributed by atoms with E-state index in [2.05, 4.69) is 17.6 Å². The normalized spacial score (nSPS) is 17.0. The Morgan fingerprint density at radius 2 is 1.83 bits per heavy atom. The molecule has 1 aromatic carbocycles. The second-order valence-corrected chi connectivity index (χ2v) is 7.54. The Bertz CT molecular complexity index is 499. The van der Waals surface area contributed by atoms with Crippen LogP contribution >= 0.6 is 0 Å². The number of benzene rings is 1. The predicted molar refractivity (Wildman–Crippen MR) is 94.6 cm³/mol. The smallest absolute Gasteiger partial charge is 0.412 e. The highest BCUT2D eigenvalue weighted by atomic mass is 16.6. The zero-order valence-corrected chi connectivity index (χ0v) is 14.8. The summed E-state index contributed by atoms with van der Waals surface area (Å²) >= 11 is 0. The maximum atomic E-state index is 11.7. The molecule has 0 heterocycles. The molecule has 0 spiro atoms. The van der Waals surface area contributed by atoms with E-state index in [1.807, 2.05) is 45.0 Å². The molecule has 1 aromatic rings. The fraction of sp³-hybridized carbons (Fsp3) is 0.632. The summed E-state index contributed by atoms with van der Waals surface area (Å²) < 4.78 is 5.25. The van der Waals surface area contributed by atoms with Crippen molar-refractivity contribution in [1.29, 1.82) is 0 Å². The van der Waals surface area contributed by atoms with Crippen LogP contribution < -0.4 is 10.6 Å². The number of hydrogen-bond acceptors (Lipinski definition) is 3. The summed E-state index contributed by atoms with van der Waals surface area (Å²) in [5, 5.41) is 6.37. The minimum Gasteiger partial charge on any atom is -0.444 e. The van der Waals surface area contributed by atoms with Crippen molar-refractivity contribution >= 4 is 11.8 Å². The molecule has 2 rings (SSSR count). The lowest BCUT2D eigenvalue weighted by Gasteiger charge is -2.21. The highest BCUT2D eigenvalue weighted by Gasteiger charge is 2.20. The van der Waals surface area contributed by atoms with Crippen molar-refractivity contribution in [1.82, 2.24) is 5.32 Å². The van der Waals surface area contributed by atoms with Crippen LogP contribution in [0.3, 0.4) is 0 Å². The zero-order chi connectivity index (χ0) is 16.9. The summed E-state index contributed by atoms with van der Waals surface area (Å²) in [6, 6.07) is 8.49. The zero-order valence-electron chi connectivity index (χ0n) is 14.8. The van der Waals surface area contributed by atoms with Crippen molar-refractivity contribution < 1.29 is 9.53 Å². The molecule has 0 aliphatic heterocycles. The molecule has 0 saturated heterocycles. The van der Waals surface area contributed by atoms with E-state index in [9.17, 15) is 4.79 Å². The molecular weight excluding hydrogens is 288 g/mol. The Morgan fingerprint density at radius 3 is 2.39 bits per heavy atom. The van der Waals surface area contributed by atoms with Crippen molar-refractivity contribution in [3.63, 3.8) is 0 Å². The van der Waals surface area contributed by atoms with Gasteiger partial charge in [0.2, 0.25) is 0 Å². The molecule has 1 atom stereocenters. The van der Waals surface area contributed by atoms with Gasteiger partial charge >= 0.3 is 6.09 Å². The topological polar surface area (TPSA) is 50.4 Å². The molecule has 0 aromatic heterocycles. The molecule has 1 aliphatic rings. The Morgan fingerprint density at radius 1 is 1.22 bits per heavy atom. The molecule has 23 heavy (non-hydrogen) atoms. The molecule has 1 saturated carbocycles. The van der Waals surface area contributed by atoms with Crippen LogP contribution in [0.1, 0.15) is 58.9 Å². The lowest BCUT2D eigenvalue weighted by atomic mass is 9.99. The van der Waals surface area contributed by atoms with Crippen LogP contribution in [-0.2, 0) is 11.3 Å². The summed E-state index contributed by atoms with van der Waals surface area (Å²) in [4.78, 5) is 11.7. The van der Waals surface area contributed by atoms with Gasteiger partial charge in [0, 0.05) is 18.3 Å². The van der Waals surface area contributed by atoms with Crippen LogP contribution in [0.25, 0.3) is 0 Å². The third-order valence-corrected chi connectivity index (χ3v) is 4.33. The quantitative estimate of drug-likeness (QED) is 0.827. The minimum atomic E-state index is -0.482. The van der Waals surface area contributed by atoms with Crippen LogP contribution in [0, 0.1) is 5.92 Å². The van der Waals surface area contributed by atoms with Crippen molar-refractivity contribution in [2.24, 2.45) is 5.92 Å². The standard InChI is InChI=1S/C19H30N2O2/c1-14(16-7-5-6-8-16)20-13-15-9-11-17(12-10-15)21-18(22)23-19(2,3)4/h9-12,14,16,20H,5-8,13H2,1-4H3,(H,21,22). The van der Waals surface area contributed by atoms with Gasteiger partial charge in [-0.1, -0.05) is 25.0 Å². The van der Waals surface area contributed by atoms with E-state index in [-0.39, 0.29) is 0 Å². The van der Waals surface area contributed by atoms with Gasteiger partial charge < -0.3 is 10.1 Å². The van der Waals surface area contributed by atoms with Gasteiger partial charge in [0.15, 0.2) is 0 Å². The van der Waals surface area contributed by atoms with Gasteiger partial charge in [-0.3, -0.25) is 5.32 Å². The monoisotopic (exact) mass is 318 g/mol. The minimum absolute atomic E-state index is 0.418. The summed E-state index contributed by atoms with van der Waals surface area (Å²) in [5.74, 6) is 0.822. The van der Waals surface area contributed by atoms with Gasteiger partial charge in [-0.25, -0.2) is 4.79 Å². The fourth-order valence-electron chi connectivity index (χ4n) is 3.03. The predicted octanol–water partition coefficient (Wildman–Crippen LogP) is 4.70. The SMILES string of the molecule is CC(NCc1ccc(NC(=O)OC(C)(C)C)cc1)C1CCCC1. The van der Waals surface area contributed by atoms with Gasteiger partial charge in [-0.15, -0.1) is 0 Å². The van der Waals surface area contributed by atoms with E-state index >= 15 is 0 Å². The maximum absolute atomic E-state index is 11.7. The lowest BCUT2D eigenvalue weighted by Crippen LogP contribution is -2.31. The molecule has 1 amide bonds. The second kappa shape index (κ2) is 7.82. The number of hydrogen-bond donors (Lipinski definition) is 2. The van der Waals surface area contributed by atoms with Crippen LogP contribution in [0.4, 0.5) is 10.5 Å².